The fourth-order valence-corrected chi connectivity index (χ4v) is 5.53. The van der Waals surface area contributed by atoms with Gasteiger partial charge < -0.3 is 4.74 Å². The topological polar surface area (TPSA) is 43.4 Å². The first kappa shape index (κ1) is 18.6. The van der Waals surface area contributed by atoms with Crippen molar-refractivity contribution in [1.29, 1.82) is 0 Å². The summed E-state index contributed by atoms with van der Waals surface area (Å²) < 4.78 is 45.0. The summed E-state index contributed by atoms with van der Waals surface area (Å²) in [5.41, 5.74) is 0.404. The maximum atomic E-state index is 13.8. The molecule has 0 saturated heterocycles. The first-order valence-corrected chi connectivity index (χ1v) is 10.2. The number of hydrogen-bond donors (Lipinski definition) is 0. The number of hydrogen-bond acceptors (Lipinski definition) is 3. The van der Waals surface area contributed by atoms with Gasteiger partial charge in [0.25, 0.3) is 0 Å². The Morgan fingerprint density at radius 1 is 1.12 bits per heavy atom. The van der Waals surface area contributed by atoms with Crippen LogP contribution in [-0.2, 0) is 21.2 Å². The quantitative estimate of drug-likeness (QED) is 0.702. The first-order chi connectivity index (χ1) is 11.9. The van der Waals surface area contributed by atoms with Gasteiger partial charge in [-0.05, 0) is 43.5 Å². The smallest absolute Gasteiger partial charge is 0.182 e. The Labute approximate surface area is 156 Å². The minimum absolute atomic E-state index is 0.0898. The van der Waals surface area contributed by atoms with Crippen LogP contribution in [0.25, 0.3) is 0 Å². The zero-order chi connectivity index (χ0) is 18.0. The lowest BCUT2D eigenvalue weighted by atomic mass is 10.2. The second-order valence-electron chi connectivity index (χ2n) is 6.08. The van der Waals surface area contributed by atoms with Crippen LogP contribution in [0.3, 0.4) is 0 Å². The molecule has 0 amide bonds. The van der Waals surface area contributed by atoms with Crippen LogP contribution in [0, 0.1) is 5.82 Å². The molecule has 7 heteroatoms. The van der Waals surface area contributed by atoms with Gasteiger partial charge in [0.1, 0.15) is 5.82 Å². The van der Waals surface area contributed by atoms with E-state index < -0.39 is 20.9 Å². The molecule has 0 N–H and O–H groups in total. The molecule has 0 radical (unpaired) electrons. The Balaban J connectivity index is 1.65. The van der Waals surface area contributed by atoms with E-state index in [0.717, 1.165) is 0 Å². The van der Waals surface area contributed by atoms with Gasteiger partial charge in [0.2, 0.25) is 0 Å². The van der Waals surface area contributed by atoms with Crippen LogP contribution in [0.4, 0.5) is 4.39 Å². The molecule has 25 heavy (non-hydrogen) atoms. The third-order valence-corrected chi connectivity index (χ3v) is 7.36. The van der Waals surface area contributed by atoms with Crippen LogP contribution in [0.5, 0.6) is 0 Å². The minimum Gasteiger partial charge on any atom is -0.373 e. The normalized spacial score (nSPS) is 20.8. The predicted octanol–water partition coefficient (Wildman–Crippen LogP) is 5.04. The van der Waals surface area contributed by atoms with E-state index in [1.165, 1.54) is 12.1 Å². The summed E-state index contributed by atoms with van der Waals surface area (Å²) in [6.45, 7) is 0.0898. The SMILES string of the molecule is O=S(=O)(c1ccccc1Cl)C1CCC(OCc2ccc(Cl)cc2F)C1. The van der Waals surface area contributed by atoms with Crippen molar-refractivity contribution in [3.63, 3.8) is 0 Å². The molecule has 1 aliphatic carbocycles. The van der Waals surface area contributed by atoms with E-state index in [0.29, 0.717) is 29.8 Å². The molecular weight excluding hydrogens is 386 g/mol. The Hall–Kier alpha value is -1.14. The molecule has 3 nitrogen and oxygen atoms in total. The number of rotatable bonds is 5. The molecule has 2 unspecified atom stereocenters. The predicted molar refractivity (Wildman–Crippen MR) is 96.3 cm³/mol. The zero-order valence-corrected chi connectivity index (χ0v) is 15.6. The Morgan fingerprint density at radius 3 is 2.60 bits per heavy atom. The van der Waals surface area contributed by atoms with Gasteiger partial charge in [-0.2, -0.15) is 0 Å². The summed E-state index contributed by atoms with van der Waals surface area (Å²) in [6.07, 6.45) is 1.27. The summed E-state index contributed by atoms with van der Waals surface area (Å²) >= 11 is 11.8. The third kappa shape index (κ3) is 4.17. The van der Waals surface area contributed by atoms with Gasteiger partial charge in [0.05, 0.1) is 27.9 Å². The number of ether oxygens (including phenoxy) is 1. The molecule has 2 aromatic rings. The maximum absolute atomic E-state index is 13.8. The number of benzene rings is 2. The summed E-state index contributed by atoms with van der Waals surface area (Å²) in [4.78, 5) is 0.158. The molecule has 2 atom stereocenters. The summed E-state index contributed by atoms with van der Waals surface area (Å²) in [6, 6.07) is 10.9. The van der Waals surface area contributed by atoms with E-state index in [9.17, 15) is 12.8 Å². The standard InChI is InChI=1S/C18H17Cl2FO3S/c19-13-6-5-12(17(21)9-13)11-24-14-7-8-15(10-14)25(22,23)18-4-2-1-3-16(18)20/h1-6,9,14-15H,7-8,10-11H2. The summed E-state index contributed by atoms with van der Waals surface area (Å²) in [5.74, 6) is -0.425. The highest BCUT2D eigenvalue weighted by molar-refractivity contribution is 7.92. The van der Waals surface area contributed by atoms with Crippen LogP contribution < -0.4 is 0 Å². The van der Waals surface area contributed by atoms with Crippen molar-refractivity contribution < 1.29 is 17.5 Å². The van der Waals surface area contributed by atoms with Gasteiger partial charge in [-0.3, -0.25) is 0 Å². The monoisotopic (exact) mass is 402 g/mol. The van der Waals surface area contributed by atoms with E-state index in [-0.39, 0.29) is 22.6 Å². The van der Waals surface area contributed by atoms with Gasteiger partial charge in [-0.1, -0.05) is 41.4 Å². The highest BCUT2D eigenvalue weighted by Crippen LogP contribution is 2.34. The van der Waals surface area contributed by atoms with E-state index in [1.807, 2.05) is 0 Å². The summed E-state index contributed by atoms with van der Waals surface area (Å²) in [5, 5.41) is 0.0237. The Morgan fingerprint density at radius 2 is 1.88 bits per heavy atom. The van der Waals surface area contributed by atoms with Gasteiger partial charge in [0.15, 0.2) is 9.84 Å². The molecule has 1 fully saturated rings. The molecule has 3 rings (SSSR count). The van der Waals surface area contributed by atoms with Crippen molar-refractivity contribution in [2.75, 3.05) is 0 Å². The largest absolute Gasteiger partial charge is 0.373 e. The average Bonchev–Trinajstić information content (AvgIpc) is 3.04. The van der Waals surface area contributed by atoms with Crippen LogP contribution in [0.15, 0.2) is 47.4 Å². The van der Waals surface area contributed by atoms with E-state index in [1.54, 1.807) is 30.3 Å². The van der Waals surface area contributed by atoms with Crippen LogP contribution in [0.2, 0.25) is 10.0 Å². The Kier molecular flexibility index (Phi) is 5.68. The lowest BCUT2D eigenvalue weighted by Gasteiger charge is -2.15. The van der Waals surface area contributed by atoms with Gasteiger partial charge in [-0.25, -0.2) is 12.8 Å². The van der Waals surface area contributed by atoms with Crippen molar-refractivity contribution in [2.45, 2.75) is 42.1 Å². The van der Waals surface area contributed by atoms with Gasteiger partial charge >= 0.3 is 0 Å². The highest BCUT2D eigenvalue weighted by Gasteiger charge is 2.36. The van der Waals surface area contributed by atoms with Crippen molar-refractivity contribution >= 4 is 33.0 Å². The van der Waals surface area contributed by atoms with E-state index in [4.69, 9.17) is 27.9 Å². The van der Waals surface area contributed by atoms with Crippen molar-refractivity contribution in [3.05, 3.63) is 63.9 Å². The van der Waals surface area contributed by atoms with Crippen LogP contribution in [-0.4, -0.2) is 19.8 Å². The molecule has 0 aliphatic heterocycles. The lowest BCUT2D eigenvalue weighted by Crippen LogP contribution is -2.20. The second-order valence-corrected chi connectivity index (χ2v) is 9.12. The average molecular weight is 403 g/mol. The Bertz CT molecular complexity index is 870. The lowest BCUT2D eigenvalue weighted by molar-refractivity contribution is 0.0442. The van der Waals surface area contributed by atoms with Crippen LogP contribution >= 0.6 is 23.2 Å². The summed E-state index contributed by atoms with van der Waals surface area (Å²) in [7, 11) is -3.50. The molecule has 0 spiro atoms. The molecule has 0 aromatic heterocycles. The molecule has 2 aromatic carbocycles. The molecule has 1 saturated carbocycles. The first-order valence-electron chi connectivity index (χ1n) is 7.92. The molecule has 0 heterocycles. The van der Waals surface area contributed by atoms with Crippen molar-refractivity contribution in [1.82, 2.24) is 0 Å². The highest BCUT2D eigenvalue weighted by atomic mass is 35.5. The van der Waals surface area contributed by atoms with Crippen LogP contribution in [0.1, 0.15) is 24.8 Å². The number of halogens is 3. The minimum atomic E-state index is -3.50. The maximum Gasteiger partial charge on any atom is 0.182 e. The molecule has 134 valence electrons. The van der Waals surface area contributed by atoms with Gasteiger partial charge in [0, 0.05) is 10.6 Å². The van der Waals surface area contributed by atoms with Crippen molar-refractivity contribution in [2.24, 2.45) is 0 Å². The fourth-order valence-electron chi connectivity index (χ4n) is 3.04. The number of sulfone groups is 1. The van der Waals surface area contributed by atoms with Gasteiger partial charge in [-0.15, -0.1) is 0 Å². The zero-order valence-electron chi connectivity index (χ0n) is 13.3. The van der Waals surface area contributed by atoms with E-state index in [2.05, 4.69) is 0 Å². The molecule has 1 aliphatic rings. The van der Waals surface area contributed by atoms with E-state index >= 15 is 0 Å². The molecular formula is C18H17Cl2FO3S. The molecule has 0 bridgehead atoms. The van der Waals surface area contributed by atoms with Crippen molar-refractivity contribution in [3.8, 4) is 0 Å². The fraction of sp³-hybridized carbons (Fsp3) is 0.333. The second kappa shape index (κ2) is 7.62. The third-order valence-electron chi connectivity index (χ3n) is 4.41.